The van der Waals surface area contributed by atoms with Gasteiger partial charge >= 0.3 is 0 Å². The summed E-state index contributed by atoms with van der Waals surface area (Å²) in [6, 6.07) is 6.42. The smallest absolute Gasteiger partial charge is 0.280 e. The molecule has 21 heavy (non-hydrogen) atoms. The molecule has 0 radical (unpaired) electrons. The van der Waals surface area contributed by atoms with Crippen LogP contribution < -0.4 is 5.32 Å². The molecule has 0 aliphatic carbocycles. The van der Waals surface area contributed by atoms with Crippen LogP contribution in [-0.4, -0.2) is 28.2 Å². The Morgan fingerprint density at radius 2 is 2.29 bits per heavy atom. The lowest BCUT2D eigenvalue weighted by Crippen LogP contribution is -2.09. The number of para-hydroxylation sites is 1. The molecule has 2 aromatic rings. The first-order valence-electron chi connectivity index (χ1n) is 7.01. The number of nitro groups is 1. The van der Waals surface area contributed by atoms with Crippen LogP contribution >= 0.6 is 0 Å². The molecule has 1 unspecified atom stereocenters. The second kappa shape index (κ2) is 6.01. The molecule has 0 spiro atoms. The number of rotatable bonds is 5. The minimum absolute atomic E-state index is 0.00940. The van der Waals surface area contributed by atoms with Gasteiger partial charge in [-0.3, -0.25) is 10.1 Å². The Bertz CT molecular complexity index is 635. The molecule has 1 fully saturated rings. The molecule has 110 valence electrons. The fourth-order valence-corrected chi connectivity index (χ4v) is 2.58. The van der Waals surface area contributed by atoms with E-state index in [1.165, 1.54) is 12.5 Å². The first-order chi connectivity index (χ1) is 10.2. The zero-order valence-corrected chi connectivity index (χ0v) is 11.5. The highest BCUT2D eigenvalue weighted by Gasteiger charge is 2.20. The lowest BCUT2D eigenvalue weighted by molar-refractivity contribution is -0.384. The molecular formula is C14H16N4O3. The summed E-state index contributed by atoms with van der Waals surface area (Å²) in [4.78, 5) is 14.9. The van der Waals surface area contributed by atoms with Gasteiger partial charge in [-0.2, -0.15) is 4.98 Å². The molecule has 1 aromatic carbocycles. The highest BCUT2D eigenvalue weighted by atomic mass is 16.6. The van der Waals surface area contributed by atoms with Crippen molar-refractivity contribution in [2.75, 3.05) is 13.1 Å². The van der Waals surface area contributed by atoms with Crippen molar-refractivity contribution in [1.82, 2.24) is 15.5 Å². The number of hydrogen-bond acceptors (Lipinski definition) is 6. The summed E-state index contributed by atoms with van der Waals surface area (Å²) >= 11 is 0. The molecule has 1 N–H and O–H groups in total. The Morgan fingerprint density at radius 1 is 1.43 bits per heavy atom. The molecule has 7 heteroatoms. The zero-order valence-electron chi connectivity index (χ0n) is 11.5. The van der Waals surface area contributed by atoms with Crippen LogP contribution in [0.4, 0.5) is 5.69 Å². The minimum Gasteiger partial charge on any atom is -0.339 e. The van der Waals surface area contributed by atoms with Crippen molar-refractivity contribution in [3.63, 3.8) is 0 Å². The number of nitrogens with one attached hydrogen (secondary N) is 1. The normalized spacial score (nSPS) is 18.0. The number of nitro benzene ring substituents is 1. The first-order valence-corrected chi connectivity index (χ1v) is 7.01. The van der Waals surface area contributed by atoms with E-state index in [9.17, 15) is 10.1 Å². The van der Waals surface area contributed by atoms with E-state index in [1.807, 2.05) is 0 Å². The van der Waals surface area contributed by atoms with Crippen molar-refractivity contribution < 1.29 is 9.45 Å². The van der Waals surface area contributed by atoms with Gasteiger partial charge in [-0.05, 0) is 37.9 Å². The molecule has 1 aliphatic heterocycles. The molecule has 0 bridgehead atoms. The molecule has 1 atom stereocenters. The van der Waals surface area contributed by atoms with Crippen molar-refractivity contribution >= 4 is 5.69 Å². The summed E-state index contributed by atoms with van der Waals surface area (Å²) < 4.78 is 5.21. The Labute approximate surface area is 121 Å². The van der Waals surface area contributed by atoms with Crippen LogP contribution in [0.1, 0.15) is 18.7 Å². The van der Waals surface area contributed by atoms with Crippen molar-refractivity contribution in [3.8, 4) is 11.4 Å². The van der Waals surface area contributed by atoms with E-state index < -0.39 is 4.92 Å². The maximum atomic E-state index is 11.0. The maximum absolute atomic E-state index is 11.0. The van der Waals surface area contributed by atoms with Crippen LogP contribution in [-0.2, 0) is 6.42 Å². The molecule has 1 saturated heterocycles. The number of benzene rings is 1. The van der Waals surface area contributed by atoms with Gasteiger partial charge in [0, 0.05) is 12.5 Å². The summed E-state index contributed by atoms with van der Waals surface area (Å²) in [7, 11) is 0. The van der Waals surface area contributed by atoms with Crippen molar-refractivity contribution in [2.24, 2.45) is 5.92 Å². The van der Waals surface area contributed by atoms with Gasteiger partial charge in [-0.25, -0.2) is 0 Å². The monoisotopic (exact) mass is 288 g/mol. The predicted octanol–water partition coefficient (Wildman–Crippen LogP) is 2.19. The van der Waals surface area contributed by atoms with Gasteiger partial charge in [0.25, 0.3) is 5.69 Å². The molecule has 0 amide bonds. The summed E-state index contributed by atoms with van der Waals surface area (Å²) in [6.07, 6.45) is 2.87. The third-order valence-electron chi connectivity index (χ3n) is 3.74. The van der Waals surface area contributed by atoms with Crippen LogP contribution in [0.15, 0.2) is 28.8 Å². The highest BCUT2D eigenvalue weighted by molar-refractivity contribution is 5.67. The highest BCUT2D eigenvalue weighted by Crippen LogP contribution is 2.27. The summed E-state index contributed by atoms with van der Waals surface area (Å²) in [6.45, 7) is 2.10. The van der Waals surface area contributed by atoms with Gasteiger partial charge in [-0.15, -0.1) is 0 Å². The largest absolute Gasteiger partial charge is 0.339 e. The average Bonchev–Trinajstić information content (AvgIpc) is 3.16. The van der Waals surface area contributed by atoms with E-state index in [0.717, 1.165) is 19.5 Å². The van der Waals surface area contributed by atoms with Gasteiger partial charge in [-0.1, -0.05) is 17.3 Å². The molecule has 3 rings (SSSR count). The lowest BCUT2D eigenvalue weighted by Gasteiger charge is -2.03. The third kappa shape index (κ3) is 3.08. The SMILES string of the molecule is O=[N+]([O-])c1ccccc1-c1noc(CCC2CCNC2)n1. The standard InChI is InChI=1S/C14H16N4O3/c19-18(20)12-4-2-1-3-11(12)14-16-13(21-17-14)6-5-10-7-8-15-9-10/h1-4,10,15H,5-9H2. The second-order valence-electron chi connectivity index (χ2n) is 5.18. The number of aromatic nitrogens is 2. The van der Waals surface area contributed by atoms with E-state index in [0.29, 0.717) is 23.8 Å². The fourth-order valence-electron chi connectivity index (χ4n) is 2.58. The van der Waals surface area contributed by atoms with E-state index in [2.05, 4.69) is 15.5 Å². The molecule has 0 saturated carbocycles. The molecular weight excluding hydrogens is 272 g/mol. The van der Waals surface area contributed by atoms with Crippen molar-refractivity contribution in [1.29, 1.82) is 0 Å². The van der Waals surface area contributed by atoms with E-state index in [4.69, 9.17) is 4.52 Å². The molecule has 1 aromatic heterocycles. The number of aryl methyl sites for hydroxylation is 1. The van der Waals surface area contributed by atoms with E-state index >= 15 is 0 Å². The Morgan fingerprint density at radius 3 is 3.05 bits per heavy atom. The second-order valence-corrected chi connectivity index (χ2v) is 5.18. The van der Waals surface area contributed by atoms with E-state index in [1.54, 1.807) is 18.2 Å². The Hall–Kier alpha value is -2.28. The lowest BCUT2D eigenvalue weighted by atomic mass is 10.0. The molecule has 7 nitrogen and oxygen atoms in total. The van der Waals surface area contributed by atoms with Gasteiger partial charge < -0.3 is 9.84 Å². The Kier molecular flexibility index (Phi) is 3.92. The summed E-state index contributed by atoms with van der Waals surface area (Å²) in [5, 5.41) is 18.2. The third-order valence-corrected chi connectivity index (χ3v) is 3.74. The maximum Gasteiger partial charge on any atom is 0.280 e. The predicted molar refractivity (Wildman–Crippen MR) is 75.7 cm³/mol. The van der Waals surface area contributed by atoms with Gasteiger partial charge in [0.05, 0.1) is 4.92 Å². The van der Waals surface area contributed by atoms with Crippen LogP contribution in [0.25, 0.3) is 11.4 Å². The van der Waals surface area contributed by atoms with Gasteiger partial charge in [0.15, 0.2) is 0 Å². The average molecular weight is 288 g/mol. The topological polar surface area (TPSA) is 94.1 Å². The van der Waals surface area contributed by atoms with Crippen molar-refractivity contribution in [3.05, 3.63) is 40.3 Å². The van der Waals surface area contributed by atoms with Crippen molar-refractivity contribution in [2.45, 2.75) is 19.3 Å². The minimum atomic E-state index is -0.435. The van der Waals surface area contributed by atoms with E-state index in [-0.39, 0.29) is 11.5 Å². The summed E-state index contributed by atoms with van der Waals surface area (Å²) in [5.74, 6) is 1.46. The fraction of sp³-hybridized carbons (Fsp3) is 0.429. The quantitative estimate of drug-likeness (QED) is 0.669. The van der Waals surface area contributed by atoms with Crippen LogP contribution in [0.2, 0.25) is 0 Å². The van der Waals surface area contributed by atoms with Crippen LogP contribution in [0.3, 0.4) is 0 Å². The zero-order chi connectivity index (χ0) is 14.7. The Balaban J connectivity index is 1.74. The van der Waals surface area contributed by atoms with Crippen LogP contribution in [0.5, 0.6) is 0 Å². The molecule has 2 heterocycles. The van der Waals surface area contributed by atoms with Gasteiger partial charge in [0.2, 0.25) is 11.7 Å². The number of hydrogen-bond donors (Lipinski definition) is 1. The molecule has 1 aliphatic rings. The van der Waals surface area contributed by atoms with Gasteiger partial charge in [0.1, 0.15) is 5.56 Å². The first kappa shape index (κ1) is 13.7. The summed E-state index contributed by atoms with van der Waals surface area (Å²) in [5.41, 5.74) is 0.380. The number of nitrogens with zero attached hydrogens (tertiary/aromatic N) is 3. The van der Waals surface area contributed by atoms with Crippen LogP contribution in [0, 0.1) is 16.0 Å².